The Balaban J connectivity index is 2.79. The summed E-state index contributed by atoms with van der Waals surface area (Å²) in [5.41, 5.74) is 7.12. The molecular formula is C9H9FN2O. The van der Waals surface area contributed by atoms with Gasteiger partial charge in [0.1, 0.15) is 5.82 Å². The fourth-order valence-corrected chi connectivity index (χ4v) is 1.34. The lowest BCUT2D eigenvalue weighted by atomic mass is 10.1. The van der Waals surface area contributed by atoms with E-state index in [-0.39, 0.29) is 5.82 Å². The number of aryl methyl sites for hydroxylation is 1. The molecule has 3 nitrogen and oxygen atoms in total. The van der Waals surface area contributed by atoms with Crippen LogP contribution in [0, 0.1) is 12.7 Å². The van der Waals surface area contributed by atoms with Crippen molar-refractivity contribution in [3.8, 4) is 0 Å². The number of aromatic nitrogens is 1. The van der Waals surface area contributed by atoms with Crippen molar-refractivity contribution in [3.63, 3.8) is 0 Å². The second kappa shape index (κ2) is 2.81. The van der Waals surface area contributed by atoms with E-state index in [0.717, 1.165) is 0 Å². The average Bonchev–Trinajstić information content (AvgIpc) is 2.48. The summed E-state index contributed by atoms with van der Waals surface area (Å²) in [5, 5.41) is 4.12. The molecule has 2 aromatic rings. The van der Waals surface area contributed by atoms with E-state index in [1.165, 1.54) is 6.07 Å². The normalized spacial score (nSPS) is 11.0. The van der Waals surface area contributed by atoms with Gasteiger partial charge >= 0.3 is 0 Å². The second-order valence-corrected chi connectivity index (χ2v) is 2.92. The minimum absolute atomic E-state index is 0.298. The Hall–Kier alpha value is -1.42. The molecule has 0 amide bonds. The van der Waals surface area contributed by atoms with Gasteiger partial charge < -0.3 is 10.3 Å². The van der Waals surface area contributed by atoms with Crippen molar-refractivity contribution in [3.05, 3.63) is 29.2 Å². The van der Waals surface area contributed by atoms with E-state index < -0.39 is 0 Å². The molecule has 0 bridgehead atoms. The summed E-state index contributed by atoms with van der Waals surface area (Å²) in [6, 6.07) is 3.12. The standard InChI is InChI=1S/C9H9FN2O/c1-5-9-7(10)2-6(4-11)3-8(9)13-12-5/h2-3H,4,11H2,1H3. The molecule has 0 aliphatic rings. The van der Waals surface area contributed by atoms with Gasteiger partial charge in [0.05, 0.1) is 11.1 Å². The van der Waals surface area contributed by atoms with Crippen LogP contribution in [0.25, 0.3) is 11.0 Å². The molecule has 0 atom stereocenters. The van der Waals surface area contributed by atoms with E-state index in [1.807, 2.05) is 0 Å². The van der Waals surface area contributed by atoms with Gasteiger partial charge in [0, 0.05) is 6.54 Å². The van der Waals surface area contributed by atoms with Crippen LogP contribution in [0.2, 0.25) is 0 Å². The molecule has 1 aromatic carbocycles. The third-order valence-corrected chi connectivity index (χ3v) is 1.99. The van der Waals surface area contributed by atoms with E-state index in [9.17, 15) is 4.39 Å². The van der Waals surface area contributed by atoms with Crippen molar-refractivity contribution < 1.29 is 8.91 Å². The summed E-state index contributed by atoms with van der Waals surface area (Å²) < 4.78 is 18.3. The fraction of sp³-hybridized carbons (Fsp3) is 0.222. The van der Waals surface area contributed by atoms with Gasteiger partial charge in [0.2, 0.25) is 0 Å². The fourth-order valence-electron chi connectivity index (χ4n) is 1.34. The first-order valence-electron chi connectivity index (χ1n) is 3.97. The maximum absolute atomic E-state index is 13.4. The minimum Gasteiger partial charge on any atom is -0.356 e. The van der Waals surface area contributed by atoms with Gasteiger partial charge in [0.15, 0.2) is 5.58 Å². The lowest BCUT2D eigenvalue weighted by molar-refractivity contribution is 0.450. The molecule has 0 saturated carbocycles. The van der Waals surface area contributed by atoms with E-state index in [2.05, 4.69) is 5.16 Å². The molecule has 1 heterocycles. The summed E-state index contributed by atoms with van der Waals surface area (Å²) in [5.74, 6) is -0.322. The molecule has 0 aliphatic heterocycles. The zero-order valence-corrected chi connectivity index (χ0v) is 7.17. The average molecular weight is 180 g/mol. The molecule has 0 radical (unpaired) electrons. The van der Waals surface area contributed by atoms with Crippen molar-refractivity contribution in [2.75, 3.05) is 0 Å². The summed E-state index contributed by atoms with van der Waals surface area (Å²) in [4.78, 5) is 0. The molecule has 68 valence electrons. The Bertz CT molecular complexity index is 450. The van der Waals surface area contributed by atoms with Crippen molar-refractivity contribution in [2.24, 2.45) is 5.73 Å². The van der Waals surface area contributed by atoms with Crippen LogP contribution in [0.4, 0.5) is 4.39 Å². The Morgan fingerprint density at radius 1 is 1.54 bits per heavy atom. The summed E-state index contributed by atoms with van der Waals surface area (Å²) in [7, 11) is 0. The third-order valence-electron chi connectivity index (χ3n) is 1.99. The van der Waals surface area contributed by atoms with Crippen LogP contribution in [0.5, 0.6) is 0 Å². The Kier molecular flexibility index (Phi) is 1.77. The molecule has 0 spiro atoms. The Morgan fingerprint density at radius 3 is 3.00 bits per heavy atom. The van der Waals surface area contributed by atoms with Crippen LogP contribution < -0.4 is 5.73 Å². The van der Waals surface area contributed by atoms with Gasteiger partial charge in [-0.15, -0.1) is 0 Å². The molecule has 0 unspecified atom stereocenters. The van der Waals surface area contributed by atoms with Crippen LogP contribution in [0.1, 0.15) is 11.3 Å². The van der Waals surface area contributed by atoms with Gasteiger partial charge in [-0.1, -0.05) is 5.16 Å². The van der Waals surface area contributed by atoms with Crippen LogP contribution in [-0.2, 0) is 6.54 Å². The summed E-state index contributed by atoms with van der Waals surface area (Å²) in [6.45, 7) is 2.00. The quantitative estimate of drug-likeness (QED) is 0.727. The number of nitrogens with zero attached hydrogens (tertiary/aromatic N) is 1. The van der Waals surface area contributed by atoms with Gasteiger partial charge in [-0.3, -0.25) is 0 Å². The molecule has 4 heteroatoms. The predicted octanol–water partition coefficient (Wildman–Crippen LogP) is 1.73. The monoisotopic (exact) mass is 180 g/mol. The SMILES string of the molecule is Cc1noc2cc(CN)cc(F)c12. The lowest BCUT2D eigenvalue weighted by Crippen LogP contribution is -1.96. The maximum Gasteiger partial charge on any atom is 0.170 e. The topological polar surface area (TPSA) is 52.0 Å². The van der Waals surface area contributed by atoms with E-state index in [4.69, 9.17) is 10.3 Å². The van der Waals surface area contributed by atoms with Gasteiger partial charge in [-0.25, -0.2) is 4.39 Å². The Labute approximate surface area is 74.3 Å². The first-order chi connectivity index (χ1) is 6.22. The molecule has 0 aliphatic carbocycles. The maximum atomic E-state index is 13.4. The van der Waals surface area contributed by atoms with Gasteiger partial charge in [-0.05, 0) is 24.6 Å². The first-order valence-corrected chi connectivity index (χ1v) is 3.97. The van der Waals surface area contributed by atoms with Crippen molar-refractivity contribution >= 4 is 11.0 Å². The van der Waals surface area contributed by atoms with E-state index in [0.29, 0.717) is 28.8 Å². The lowest BCUT2D eigenvalue weighted by Gasteiger charge is -1.96. The number of fused-ring (bicyclic) bond motifs is 1. The zero-order chi connectivity index (χ0) is 9.42. The second-order valence-electron chi connectivity index (χ2n) is 2.92. The molecule has 2 rings (SSSR count). The number of hydrogen-bond donors (Lipinski definition) is 1. The summed E-state index contributed by atoms with van der Waals surface area (Å²) in [6.07, 6.45) is 0. The van der Waals surface area contributed by atoms with Crippen molar-refractivity contribution in [2.45, 2.75) is 13.5 Å². The van der Waals surface area contributed by atoms with Crippen LogP contribution in [0.15, 0.2) is 16.7 Å². The van der Waals surface area contributed by atoms with Gasteiger partial charge in [-0.2, -0.15) is 0 Å². The third kappa shape index (κ3) is 1.19. The highest BCUT2D eigenvalue weighted by atomic mass is 19.1. The highest BCUT2D eigenvalue weighted by Gasteiger charge is 2.10. The van der Waals surface area contributed by atoms with E-state index in [1.54, 1.807) is 13.0 Å². The minimum atomic E-state index is -0.322. The van der Waals surface area contributed by atoms with Gasteiger partial charge in [0.25, 0.3) is 0 Å². The van der Waals surface area contributed by atoms with Crippen LogP contribution in [-0.4, -0.2) is 5.16 Å². The largest absolute Gasteiger partial charge is 0.356 e. The zero-order valence-electron chi connectivity index (χ0n) is 7.17. The Morgan fingerprint density at radius 2 is 2.31 bits per heavy atom. The van der Waals surface area contributed by atoms with E-state index >= 15 is 0 Å². The number of benzene rings is 1. The van der Waals surface area contributed by atoms with Crippen LogP contribution >= 0.6 is 0 Å². The molecule has 2 N–H and O–H groups in total. The molecule has 13 heavy (non-hydrogen) atoms. The highest BCUT2D eigenvalue weighted by Crippen LogP contribution is 2.22. The van der Waals surface area contributed by atoms with Crippen molar-refractivity contribution in [1.82, 2.24) is 5.16 Å². The number of rotatable bonds is 1. The molecule has 0 fully saturated rings. The predicted molar refractivity (Wildman–Crippen MR) is 46.6 cm³/mol. The molecule has 0 saturated heterocycles. The molecule has 1 aromatic heterocycles. The van der Waals surface area contributed by atoms with Crippen molar-refractivity contribution in [1.29, 1.82) is 0 Å². The highest BCUT2D eigenvalue weighted by molar-refractivity contribution is 5.80. The smallest absolute Gasteiger partial charge is 0.170 e. The van der Waals surface area contributed by atoms with Crippen LogP contribution in [0.3, 0.4) is 0 Å². The first kappa shape index (κ1) is 8.19. The summed E-state index contributed by atoms with van der Waals surface area (Å²) >= 11 is 0. The number of hydrogen-bond acceptors (Lipinski definition) is 3. The number of nitrogens with two attached hydrogens (primary N) is 1. The number of halogens is 1. The molecular weight excluding hydrogens is 171 g/mol.